The number of aromatic nitrogens is 1. The molecule has 0 atom stereocenters. The number of carbonyl (C=O) groups is 1. The zero-order valence-corrected chi connectivity index (χ0v) is 12.6. The Morgan fingerprint density at radius 3 is 2.71 bits per heavy atom. The fraction of sp³-hybridized carbons (Fsp3) is 0.250. The van der Waals surface area contributed by atoms with Gasteiger partial charge < -0.3 is 9.64 Å². The molecule has 2 aromatic rings. The molecule has 0 N–H and O–H groups in total. The highest BCUT2D eigenvalue weighted by Crippen LogP contribution is 2.22. The van der Waals surface area contributed by atoms with Crippen LogP contribution in [0.25, 0.3) is 0 Å². The minimum atomic E-state index is -0.0918. The molecule has 5 heteroatoms. The highest BCUT2D eigenvalue weighted by molar-refractivity contribution is 6.32. The molecule has 110 valence electrons. The molecule has 21 heavy (non-hydrogen) atoms. The number of halogens is 1. The van der Waals surface area contributed by atoms with Gasteiger partial charge in [0, 0.05) is 31.9 Å². The van der Waals surface area contributed by atoms with E-state index in [0.717, 1.165) is 12.1 Å². The maximum absolute atomic E-state index is 12.0. The zero-order chi connectivity index (χ0) is 15.1. The van der Waals surface area contributed by atoms with Crippen molar-refractivity contribution in [3.05, 3.63) is 59.4 Å². The predicted octanol–water partition coefficient (Wildman–Crippen LogP) is 2.81. The second-order valence-corrected chi connectivity index (χ2v) is 5.01. The maximum Gasteiger partial charge on any atom is 0.260 e. The highest BCUT2D eigenvalue weighted by Gasteiger charge is 2.10. The van der Waals surface area contributed by atoms with Gasteiger partial charge in [-0.1, -0.05) is 29.8 Å². The van der Waals surface area contributed by atoms with Crippen LogP contribution in [-0.2, 0) is 11.2 Å². The number of ether oxygens (including phenoxy) is 1. The number of amides is 1. The summed E-state index contributed by atoms with van der Waals surface area (Å²) >= 11 is 5.97. The molecule has 0 fully saturated rings. The van der Waals surface area contributed by atoms with E-state index in [0.29, 0.717) is 17.3 Å². The number of hydrogen-bond acceptors (Lipinski definition) is 3. The third-order valence-electron chi connectivity index (χ3n) is 3.04. The van der Waals surface area contributed by atoms with Gasteiger partial charge >= 0.3 is 0 Å². The molecule has 1 aromatic heterocycles. The number of carbonyl (C=O) groups excluding carboxylic acids is 1. The van der Waals surface area contributed by atoms with Crippen molar-refractivity contribution in [2.24, 2.45) is 0 Å². The van der Waals surface area contributed by atoms with Gasteiger partial charge in [0.2, 0.25) is 0 Å². The van der Waals surface area contributed by atoms with E-state index >= 15 is 0 Å². The van der Waals surface area contributed by atoms with Crippen LogP contribution >= 0.6 is 11.6 Å². The van der Waals surface area contributed by atoms with Crippen LogP contribution in [0.15, 0.2) is 48.7 Å². The van der Waals surface area contributed by atoms with Crippen molar-refractivity contribution < 1.29 is 9.53 Å². The minimum Gasteiger partial charge on any atom is -0.482 e. The van der Waals surface area contributed by atoms with Crippen LogP contribution in [0.1, 0.15) is 5.69 Å². The third kappa shape index (κ3) is 4.76. The second kappa shape index (κ2) is 7.64. The topological polar surface area (TPSA) is 42.4 Å². The van der Waals surface area contributed by atoms with Crippen LogP contribution in [0.5, 0.6) is 5.75 Å². The third-order valence-corrected chi connectivity index (χ3v) is 3.36. The average molecular weight is 305 g/mol. The number of rotatable bonds is 6. The summed E-state index contributed by atoms with van der Waals surface area (Å²) in [5, 5.41) is 0.501. The Hall–Kier alpha value is -2.07. The van der Waals surface area contributed by atoms with Gasteiger partial charge in [-0.05, 0) is 24.3 Å². The average Bonchev–Trinajstić information content (AvgIpc) is 2.52. The number of pyridine rings is 1. The van der Waals surface area contributed by atoms with Crippen molar-refractivity contribution in [3.8, 4) is 5.75 Å². The lowest BCUT2D eigenvalue weighted by Crippen LogP contribution is -2.33. The Kier molecular flexibility index (Phi) is 5.58. The van der Waals surface area contributed by atoms with Gasteiger partial charge in [-0.25, -0.2) is 0 Å². The van der Waals surface area contributed by atoms with Crippen LogP contribution in [-0.4, -0.2) is 36.0 Å². The molecule has 0 aliphatic rings. The molecule has 0 aliphatic carbocycles. The molecule has 0 saturated carbocycles. The van der Waals surface area contributed by atoms with Gasteiger partial charge in [0.05, 0.1) is 5.02 Å². The Bertz CT molecular complexity index is 590. The summed E-state index contributed by atoms with van der Waals surface area (Å²) in [7, 11) is 1.75. The fourth-order valence-corrected chi connectivity index (χ4v) is 1.95. The van der Waals surface area contributed by atoms with Gasteiger partial charge in [0.1, 0.15) is 5.75 Å². The van der Waals surface area contributed by atoms with Crippen molar-refractivity contribution in [3.63, 3.8) is 0 Å². The molecule has 1 amide bonds. The molecule has 0 aliphatic heterocycles. The van der Waals surface area contributed by atoms with Crippen molar-refractivity contribution in [1.82, 2.24) is 9.88 Å². The molecule has 0 saturated heterocycles. The van der Waals surface area contributed by atoms with E-state index < -0.39 is 0 Å². The number of nitrogens with zero attached hydrogens (tertiary/aromatic N) is 2. The first-order valence-electron chi connectivity index (χ1n) is 6.68. The zero-order valence-electron chi connectivity index (χ0n) is 11.8. The normalized spacial score (nSPS) is 10.2. The molecule has 0 radical (unpaired) electrons. The number of benzene rings is 1. The monoisotopic (exact) mass is 304 g/mol. The van der Waals surface area contributed by atoms with Crippen molar-refractivity contribution >= 4 is 17.5 Å². The Labute approximate surface area is 129 Å². The minimum absolute atomic E-state index is 0.0253. The smallest absolute Gasteiger partial charge is 0.260 e. The molecule has 2 rings (SSSR count). The first-order valence-corrected chi connectivity index (χ1v) is 7.06. The van der Waals surface area contributed by atoms with E-state index in [1.165, 1.54) is 0 Å². The molecular formula is C16H17ClN2O2. The van der Waals surface area contributed by atoms with E-state index in [9.17, 15) is 4.79 Å². The van der Waals surface area contributed by atoms with Gasteiger partial charge in [0.25, 0.3) is 5.91 Å². The number of para-hydroxylation sites is 1. The summed E-state index contributed by atoms with van der Waals surface area (Å²) in [6.45, 7) is 0.574. The largest absolute Gasteiger partial charge is 0.482 e. The second-order valence-electron chi connectivity index (χ2n) is 4.61. The lowest BCUT2D eigenvalue weighted by atomic mass is 10.2. The molecule has 0 spiro atoms. The molecule has 0 bridgehead atoms. The summed E-state index contributed by atoms with van der Waals surface area (Å²) in [4.78, 5) is 17.8. The van der Waals surface area contributed by atoms with Gasteiger partial charge in [0.15, 0.2) is 6.61 Å². The first-order chi connectivity index (χ1) is 10.2. The number of likely N-dealkylation sites (N-methyl/N-ethyl adjacent to an activating group) is 1. The van der Waals surface area contributed by atoms with Crippen molar-refractivity contribution in [2.75, 3.05) is 20.2 Å². The molecule has 0 unspecified atom stereocenters. The summed E-state index contributed by atoms with van der Waals surface area (Å²) in [6, 6.07) is 12.8. The van der Waals surface area contributed by atoms with Crippen LogP contribution in [0.3, 0.4) is 0 Å². The van der Waals surface area contributed by atoms with Crippen LogP contribution in [0, 0.1) is 0 Å². The fourth-order valence-electron chi connectivity index (χ4n) is 1.76. The molecule has 4 nitrogen and oxygen atoms in total. The maximum atomic E-state index is 12.0. The lowest BCUT2D eigenvalue weighted by Gasteiger charge is -2.17. The predicted molar refractivity (Wildman–Crippen MR) is 82.5 cm³/mol. The highest BCUT2D eigenvalue weighted by atomic mass is 35.5. The van der Waals surface area contributed by atoms with E-state index in [4.69, 9.17) is 16.3 Å². The van der Waals surface area contributed by atoms with E-state index in [-0.39, 0.29) is 12.5 Å². The summed E-state index contributed by atoms with van der Waals surface area (Å²) < 4.78 is 5.43. The standard InChI is InChI=1S/C16H17ClN2O2/c1-19(11-9-13-6-4-5-10-18-13)16(20)12-21-15-8-3-2-7-14(15)17/h2-8,10H,9,11-12H2,1H3. The van der Waals surface area contributed by atoms with E-state index in [1.54, 1.807) is 30.3 Å². The SMILES string of the molecule is CN(CCc1ccccn1)C(=O)COc1ccccc1Cl. The van der Waals surface area contributed by atoms with Crippen LogP contribution < -0.4 is 4.74 Å². The lowest BCUT2D eigenvalue weighted by molar-refractivity contribution is -0.132. The van der Waals surface area contributed by atoms with E-state index in [1.807, 2.05) is 30.3 Å². The Morgan fingerprint density at radius 2 is 2.00 bits per heavy atom. The van der Waals surface area contributed by atoms with Crippen LogP contribution in [0.4, 0.5) is 0 Å². The quantitative estimate of drug-likeness (QED) is 0.824. The van der Waals surface area contributed by atoms with E-state index in [2.05, 4.69) is 4.98 Å². The van der Waals surface area contributed by atoms with Crippen molar-refractivity contribution in [1.29, 1.82) is 0 Å². The summed E-state index contributed by atoms with van der Waals surface area (Å²) in [5.74, 6) is 0.427. The molecular weight excluding hydrogens is 288 g/mol. The van der Waals surface area contributed by atoms with Crippen LogP contribution in [0.2, 0.25) is 5.02 Å². The Morgan fingerprint density at radius 1 is 1.24 bits per heavy atom. The summed E-state index contributed by atoms with van der Waals surface area (Å²) in [6.07, 6.45) is 2.47. The molecule has 1 aromatic carbocycles. The Balaban J connectivity index is 1.79. The number of hydrogen-bond donors (Lipinski definition) is 0. The van der Waals surface area contributed by atoms with Crippen molar-refractivity contribution in [2.45, 2.75) is 6.42 Å². The van der Waals surface area contributed by atoms with Gasteiger partial charge in [-0.15, -0.1) is 0 Å². The van der Waals surface area contributed by atoms with Gasteiger partial charge in [-0.2, -0.15) is 0 Å². The van der Waals surface area contributed by atoms with Gasteiger partial charge in [-0.3, -0.25) is 9.78 Å². The summed E-state index contributed by atoms with van der Waals surface area (Å²) in [5.41, 5.74) is 0.962. The first kappa shape index (κ1) is 15.3. The molecule has 1 heterocycles.